The fourth-order valence-electron chi connectivity index (χ4n) is 2.09. The van der Waals surface area contributed by atoms with Gasteiger partial charge in [-0.05, 0) is 27.6 Å². The van der Waals surface area contributed by atoms with Crippen LogP contribution in [0.5, 0.6) is 5.75 Å². The van der Waals surface area contributed by atoms with Gasteiger partial charge in [0, 0.05) is 13.0 Å². The van der Waals surface area contributed by atoms with Crippen LogP contribution in [0.4, 0.5) is 13.2 Å². The number of nitrogens with one attached hydrogen (secondary N) is 1. The molecule has 0 aliphatic carbocycles. The quantitative estimate of drug-likeness (QED) is 0.798. The number of likely N-dealkylation sites (N-methyl/N-ethyl adjacent to an activating group) is 1. The van der Waals surface area contributed by atoms with Crippen LogP contribution in [-0.2, 0) is 6.54 Å². The molecule has 1 heterocycles. The zero-order chi connectivity index (χ0) is 16.0. The third-order valence-corrected chi connectivity index (χ3v) is 3.22. The number of halogens is 3. The molecule has 0 spiro atoms. The standard InChI is InChI=1S/C13H23F3N4O/c1-17-10(5-6-13(14,15)16)12-11(21-4)9-18-20(12)8-7-19(2)3/h9-10,17H,5-8H2,1-4H3. The van der Waals surface area contributed by atoms with Crippen LogP contribution in [0.2, 0.25) is 0 Å². The fourth-order valence-corrected chi connectivity index (χ4v) is 2.09. The van der Waals surface area contributed by atoms with Crippen molar-refractivity contribution in [1.82, 2.24) is 20.0 Å². The van der Waals surface area contributed by atoms with Crippen molar-refractivity contribution in [3.05, 3.63) is 11.9 Å². The van der Waals surface area contributed by atoms with Gasteiger partial charge in [0.1, 0.15) is 0 Å². The Kier molecular flexibility index (Phi) is 6.47. The molecule has 0 radical (unpaired) electrons. The molecule has 1 unspecified atom stereocenters. The number of rotatable bonds is 8. The van der Waals surface area contributed by atoms with Gasteiger partial charge in [-0.25, -0.2) is 0 Å². The molecule has 1 rings (SSSR count). The largest absolute Gasteiger partial charge is 0.493 e. The summed E-state index contributed by atoms with van der Waals surface area (Å²) < 4.78 is 44.3. The van der Waals surface area contributed by atoms with Crippen molar-refractivity contribution >= 4 is 0 Å². The number of hydrogen-bond acceptors (Lipinski definition) is 4. The predicted octanol–water partition coefficient (Wildman–Crippen LogP) is 2.06. The maximum absolute atomic E-state index is 12.4. The highest BCUT2D eigenvalue weighted by atomic mass is 19.4. The Labute approximate surface area is 123 Å². The van der Waals surface area contributed by atoms with E-state index in [0.717, 1.165) is 6.54 Å². The lowest BCUT2D eigenvalue weighted by molar-refractivity contribution is -0.136. The molecule has 0 saturated carbocycles. The van der Waals surface area contributed by atoms with Gasteiger partial charge in [-0.1, -0.05) is 0 Å². The highest BCUT2D eigenvalue weighted by Crippen LogP contribution is 2.31. The second-order valence-electron chi connectivity index (χ2n) is 5.12. The van der Waals surface area contributed by atoms with E-state index in [1.54, 1.807) is 17.9 Å². The molecule has 1 aromatic rings. The maximum atomic E-state index is 12.4. The molecule has 5 nitrogen and oxygen atoms in total. The van der Waals surface area contributed by atoms with E-state index in [-0.39, 0.29) is 6.42 Å². The number of hydrogen-bond donors (Lipinski definition) is 1. The summed E-state index contributed by atoms with van der Waals surface area (Å²) in [4.78, 5) is 1.99. The third kappa shape index (κ3) is 5.55. The van der Waals surface area contributed by atoms with Crippen molar-refractivity contribution in [2.75, 3.05) is 34.8 Å². The van der Waals surface area contributed by atoms with Crippen molar-refractivity contribution in [2.24, 2.45) is 0 Å². The average molecular weight is 308 g/mol. The van der Waals surface area contributed by atoms with E-state index in [0.29, 0.717) is 18.0 Å². The van der Waals surface area contributed by atoms with Gasteiger partial charge in [-0.3, -0.25) is 4.68 Å². The van der Waals surface area contributed by atoms with Crippen molar-refractivity contribution in [2.45, 2.75) is 31.6 Å². The summed E-state index contributed by atoms with van der Waals surface area (Å²) in [5, 5.41) is 7.14. The molecule has 0 amide bonds. The lowest BCUT2D eigenvalue weighted by Gasteiger charge is -2.21. The molecular weight excluding hydrogens is 285 g/mol. The summed E-state index contributed by atoms with van der Waals surface area (Å²) in [6, 6.07) is -0.453. The number of alkyl halides is 3. The highest BCUT2D eigenvalue weighted by molar-refractivity contribution is 5.28. The van der Waals surface area contributed by atoms with Crippen molar-refractivity contribution in [3.8, 4) is 5.75 Å². The van der Waals surface area contributed by atoms with Gasteiger partial charge in [-0.2, -0.15) is 18.3 Å². The molecule has 0 aliphatic heterocycles. The Morgan fingerprint density at radius 1 is 1.43 bits per heavy atom. The molecule has 1 atom stereocenters. The van der Waals surface area contributed by atoms with E-state index >= 15 is 0 Å². The number of nitrogens with zero attached hydrogens (tertiary/aromatic N) is 3. The summed E-state index contributed by atoms with van der Waals surface area (Å²) in [6.07, 6.45) is -3.52. The van der Waals surface area contributed by atoms with Crippen LogP contribution >= 0.6 is 0 Å². The molecule has 0 bridgehead atoms. The van der Waals surface area contributed by atoms with Crippen LogP contribution < -0.4 is 10.1 Å². The highest BCUT2D eigenvalue weighted by Gasteiger charge is 2.30. The minimum absolute atomic E-state index is 0.0516. The van der Waals surface area contributed by atoms with Crippen LogP contribution in [0.25, 0.3) is 0 Å². The van der Waals surface area contributed by atoms with E-state index in [4.69, 9.17) is 4.74 Å². The molecule has 0 saturated heterocycles. The molecule has 0 aromatic carbocycles. The smallest absolute Gasteiger partial charge is 0.389 e. The normalized spacial score (nSPS) is 13.7. The first-order valence-corrected chi connectivity index (χ1v) is 6.77. The second-order valence-corrected chi connectivity index (χ2v) is 5.12. The van der Waals surface area contributed by atoms with Crippen LogP contribution in [0, 0.1) is 0 Å². The molecule has 0 aliphatic rings. The Bertz CT molecular complexity index is 432. The number of ether oxygens (including phenoxy) is 1. The summed E-state index contributed by atoms with van der Waals surface area (Å²) >= 11 is 0. The Morgan fingerprint density at radius 2 is 2.10 bits per heavy atom. The summed E-state index contributed by atoms with van der Waals surface area (Å²) in [5.74, 6) is 0.510. The van der Waals surface area contributed by atoms with Gasteiger partial charge >= 0.3 is 6.18 Å². The molecule has 1 N–H and O–H groups in total. The minimum Gasteiger partial charge on any atom is -0.493 e. The van der Waals surface area contributed by atoms with Gasteiger partial charge in [0.2, 0.25) is 0 Å². The lowest BCUT2D eigenvalue weighted by atomic mass is 10.1. The lowest BCUT2D eigenvalue weighted by Crippen LogP contribution is -2.26. The summed E-state index contributed by atoms with van der Waals surface area (Å²) in [5.41, 5.74) is 0.658. The molecule has 122 valence electrons. The Hall–Kier alpha value is -1.28. The number of aromatic nitrogens is 2. The van der Waals surface area contributed by atoms with Crippen molar-refractivity contribution in [1.29, 1.82) is 0 Å². The molecule has 0 fully saturated rings. The van der Waals surface area contributed by atoms with Crippen LogP contribution in [0.3, 0.4) is 0 Å². The van der Waals surface area contributed by atoms with E-state index in [1.807, 2.05) is 19.0 Å². The molecule has 1 aromatic heterocycles. The summed E-state index contributed by atoms with van der Waals surface area (Å²) in [7, 11) is 7.00. The first kappa shape index (κ1) is 17.8. The van der Waals surface area contributed by atoms with E-state index in [9.17, 15) is 13.2 Å². The first-order chi connectivity index (χ1) is 9.78. The zero-order valence-electron chi connectivity index (χ0n) is 12.9. The van der Waals surface area contributed by atoms with Crippen LogP contribution in [0.15, 0.2) is 6.20 Å². The van der Waals surface area contributed by atoms with Crippen molar-refractivity contribution < 1.29 is 17.9 Å². The first-order valence-electron chi connectivity index (χ1n) is 6.77. The van der Waals surface area contributed by atoms with Crippen LogP contribution in [0.1, 0.15) is 24.6 Å². The Balaban J connectivity index is 2.91. The zero-order valence-corrected chi connectivity index (χ0v) is 12.9. The predicted molar refractivity (Wildman–Crippen MR) is 74.4 cm³/mol. The molecular formula is C13H23F3N4O. The van der Waals surface area contributed by atoms with E-state index in [1.165, 1.54) is 7.11 Å². The second kappa shape index (κ2) is 7.65. The van der Waals surface area contributed by atoms with Crippen molar-refractivity contribution in [3.63, 3.8) is 0 Å². The monoisotopic (exact) mass is 308 g/mol. The van der Waals surface area contributed by atoms with Gasteiger partial charge < -0.3 is 15.0 Å². The molecule has 21 heavy (non-hydrogen) atoms. The van der Waals surface area contributed by atoms with Gasteiger partial charge in [0.15, 0.2) is 5.75 Å². The average Bonchev–Trinajstić information content (AvgIpc) is 2.79. The van der Waals surface area contributed by atoms with E-state index < -0.39 is 18.6 Å². The van der Waals surface area contributed by atoms with Gasteiger partial charge in [-0.15, -0.1) is 0 Å². The third-order valence-electron chi connectivity index (χ3n) is 3.22. The van der Waals surface area contributed by atoms with Gasteiger partial charge in [0.05, 0.1) is 31.6 Å². The SMILES string of the molecule is CNC(CCC(F)(F)F)c1c(OC)cnn1CCN(C)C. The topological polar surface area (TPSA) is 42.3 Å². The number of methoxy groups -OCH3 is 1. The van der Waals surface area contributed by atoms with Crippen LogP contribution in [-0.4, -0.2) is 55.7 Å². The fraction of sp³-hybridized carbons (Fsp3) is 0.769. The minimum atomic E-state index is -4.17. The Morgan fingerprint density at radius 3 is 2.57 bits per heavy atom. The van der Waals surface area contributed by atoms with Gasteiger partial charge in [0.25, 0.3) is 0 Å². The molecule has 8 heteroatoms. The van der Waals surface area contributed by atoms with E-state index in [2.05, 4.69) is 10.4 Å². The summed E-state index contributed by atoms with van der Waals surface area (Å²) in [6.45, 7) is 1.34. The maximum Gasteiger partial charge on any atom is 0.389 e.